The van der Waals surface area contributed by atoms with Gasteiger partial charge in [0.05, 0.1) is 6.61 Å². The molecule has 5 nitrogen and oxygen atoms in total. The number of rotatable bonds is 31. The standard InChI is InChI=1S/C34H66O5/c1-3-5-7-9-11-13-14-15-16-17-18-19-21-22-24-26-28-33(36)38-31-32(30-35)39-34(37)29-27-25-23-20-12-10-8-6-4-2/h32,35H,3-31H2,1-2H3/t32-/m0/s1. The highest BCUT2D eigenvalue weighted by Gasteiger charge is 2.16. The van der Waals surface area contributed by atoms with Crippen molar-refractivity contribution >= 4 is 11.9 Å². The third-order valence-electron chi connectivity index (χ3n) is 7.65. The monoisotopic (exact) mass is 554 g/mol. The maximum absolute atomic E-state index is 12.0. The van der Waals surface area contributed by atoms with Crippen molar-refractivity contribution in [3.63, 3.8) is 0 Å². The first-order valence-electron chi connectivity index (χ1n) is 17.1. The zero-order chi connectivity index (χ0) is 28.7. The summed E-state index contributed by atoms with van der Waals surface area (Å²) >= 11 is 0. The largest absolute Gasteiger partial charge is 0.462 e. The van der Waals surface area contributed by atoms with Gasteiger partial charge in [-0.1, -0.05) is 162 Å². The molecule has 5 heteroatoms. The molecule has 0 aliphatic rings. The van der Waals surface area contributed by atoms with E-state index in [0.717, 1.165) is 32.1 Å². The molecule has 39 heavy (non-hydrogen) atoms. The summed E-state index contributed by atoms with van der Waals surface area (Å²) in [5, 5.41) is 9.47. The van der Waals surface area contributed by atoms with Crippen LogP contribution >= 0.6 is 0 Å². The molecule has 0 rings (SSSR count). The van der Waals surface area contributed by atoms with Gasteiger partial charge in [0, 0.05) is 12.8 Å². The van der Waals surface area contributed by atoms with Gasteiger partial charge in [-0.15, -0.1) is 0 Å². The van der Waals surface area contributed by atoms with E-state index in [4.69, 9.17) is 9.47 Å². The third kappa shape index (κ3) is 29.7. The number of unbranched alkanes of at least 4 members (excludes halogenated alkanes) is 23. The van der Waals surface area contributed by atoms with E-state index in [1.165, 1.54) is 128 Å². The lowest BCUT2D eigenvalue weighted by molar-refractivity contribution is -0.161. The minimum absolute atomic E-state index is 0.0578. The summed E-state index contributed by atoms with van der Waals surface area (Å²) in [4.78, 5) is 24.0. The van der Waals surface area contributed by atoms with E-state index in [0.29, 0.717) is 12.8 Å². The van der Waals surface area contributed by atoms with Crippen molar-refractivity contribution in [3.05, 3.63) is 0 Å². The predicted octanol–water partition coefficient (Wildman–Crippen LogP) is 10.0. The van der Waals surface area contributed by atoms with Crippen LogP contribution in [0.2, 0.25) is 0 Å². The fourth-order valence-electron chi connectivity index (χ4n) is 5.02. The summed E-state index contributed by atoms with van der Waals surface area (Å²) in [6.45, 7) is 4.12. The molecular weight excluding hydrogens is 488 g/mol. The zero-order valence-electron chi connectivity index (χ0n) is 26.2. The van der Waals surface area contributed by atoms with Gasteiger partial charge in [-0.25, -0.2) is 0 Å². The molecule has 0 aromatic heterocycles. The van der Waals surface area contributed by atoms with Gasteiger partial charge in [0.1, 0.15) is 6.61 Å². The number of ether oxygens (including phenoxy) is 2. The highest BCUT2D eigenvalue weighted by molar-refractivity contribution is 5.70. The van der Waals surface area contributed by atoms with Crippen LogP contribution in [0, 0.1) is 0 Å². The summed E-state index contributed by atoms with van der Waals surface area (Å²) in [7, 11) is 0. The maximum atomic E-state index is 12.0. The zero-order valence-corrected chi connectivity index (χ0v) is 26.2. The van der Waals surface area contributed by atoms with Gasteiger partial charge in [0.15, 0.2) is 6.10 Å². The first kappa shape index (κ1) is 37.9. The van der Waals surface area contributed by atoms with E-state index in [2.05, 4.69) is 13.8 Å². The fraction of sp³-hybridized carbons (Fsp3) is 0.941. The molecule has 0 aromatic carbocycles. The summed E-state index contributed by atoms with van der Waals surface area (Å²) in [5.74, 6) is -0.584. The molecule has 0 aliphatic heterocycles. The van der Waals surface area contributed by atoms with Crippen LogP contribution in [-0.4, -0.2) is 36.4 Å². The Labute approximate surface area is 242 Å². The second-order valence-corrected chi connectivity index (χ2v) is 11.6. The lowest BCUT2D eigenvalue weighted by Gasteiger charge is -2.15. The Kier molecular flexibility index (Phi) is 30.5. The minimum atomic E-state index is -0.759. The third-order valence-corrected chi connectivity index (χ3v) is 7.65. The number of hydrogen-bond donors (Lipinski definition) is 1. The second kappa shape index (κ2) is 31.4. The lowest BCUT2D eigenvalue weighted by atomic mass is 10.0. The van der Waals surface area contributed by atoms with Crippen LogP contribution in [0.25, 0.3) is 0 Å². The first-order chi connectivity index (χ1) is 19.1. The normalized spacial score (nSPS) is 12.0. The van der Waals surface area contributed by atoms with E-state index < -0.39 is 6.10 Å². The maximum Gasteiger partial charge on any atom is 0.306 e. The number of aliphatic hydroxyl groups is 1. The highest BCUT2D eigenvalue weighted by atomic mass is 16.6. The average Bonchev–Trinajstić information content (AvgIpc) is 2.94. The molecule has 0 saturated carbocycles. The molecule has 1 atom stereocenters. The molecule has 0 saturated heterocycles. The number of hydrogen-bond acceptors (Lipinski definition) is 5. The molecule has 1 N–H and O–H groups in total. The summed E-state index contributed by atoms with van der Waals surface area (Å²) in [5.41, 5.74) is 0. The summed E-state index contributed by atoms with van der Waals surface area (Å²) in [6, 6.07) is 0. The molecule has 0 bridgehead atoms. The smallest absolute Gasteiger partial charge is 0.306 e. The van der Waals surface area contributed by atoms with Gasteiger partial charge in [0.2, 0.25) is 0 Å². The molecule has 0 amide bonds. The van der Waals surface area contributed by atoms with Crippen molar-refractivity contribution < 1.29 is 24.2 Å². The predicted molar refractivity (Wildman–Crippen MR) is 164 cm³/mol. The van der Waals surface area contributed by atoms with Crippen molar-refractivity contribution in [1.29, 1.82) is 0 Å². The average molecular weight is 555 g/mol. The quantitative estimate of drug-likeness (QED) is 0.0681. The van der Waals surface area contributed by atoms with Gasteiger partial charge in [0.25, 0.3) is 0 Å². The Morgan fingerprint density at radius 1 is 0.487 bits per heavy atom. The van der Waals surface area contributed by atoms with Gasteiger partial charge >= 0.3 is 11.9 Å². The lowest BCUT2D eigenvalue weighted by Crippen LogP contribution is -2.28. The van der Waals surface area contributed by atoms with E-state index >= 15 is 0 Å². The Morgan fingerprint density at radius 2 is 0.795 bits per heavy atom. The first-order valence-corrected chi connectivity index (χ1v) is 17.1. The number of aliphatic hydroxyl groups excluding tert-OH is 1. The van der Waals surface area contributed by atoms with Crippen LogP contribution in [0.5, 0.6) is 0 Å². The van der Waals surface area contributed by atoms with Crippen molar-refractivity contribution in [2.75, 3.05) is 13.2 Å². The summed E-state index contributed by atoms with van der Waals surface area (Å²) < 4.78 is 10.5. The number of carbonyl (C=O) groups excluding carboxylic acids is 2. The van der Waals surface area contributed by atoms with Crippen LogP contribution in [0.3, 0.4) is 0 Å². The van der Waals surface area contributed by atoms with Crippen LogP contribution in [0.1, 0.15) is 187 Å². The molecule has 0 radical (unpaired) electrons. The molecule has 232 valence electrons. The number of esters is 2. The van der Waals surface area contributed by atoms with E-state index in [9.17, 15) is 14.7 Å². The van der Waals surface area contributed by atoms with Gasteiger partial charge < -0.3 is 14.6 Å². The van der Waals surface area contributed by atoms with Gasteiger partial charge in [-0.2, -0.15) is 0 Å². The molecule has 0 fully saturated rings. The van der Waals surface area contributed by atoms with E-state index in [-0.39, 0.29) is 25.2 Å². The van der Waals surface area contributed by atoms with Crippen molar-refractivity contribution in [1.82, 2.24) is 0 Å². The minimum Gasteiger partial charge on any atom is -0.462 e. The van der Waals surface area contributed by atoms with Crippen molar-refractivity contribution in [2.24, 2.45) is 0 Å². The van der Waals surface area contributed by atoms with Crippen LogP contribution < -0.4 is 0 Å². The number of carbonyl (C=O) groups is 2. The van der Waals surface area contributed by atoms with Crippen molar-refractivity contribution in [3.8, 4) is 0 Å². The molecule has 0 heterocycles. The summed E-state index contributed by atoms with van der Waals surface area (Å²) in [6.07, 6.45) is 31.6. The molecule has 0 spiro atoms. The molecule has 0 unspecified atom stereocenters. The molecular formula is C34H66O5. The van der Waals surface area contributed by atoms with E-state index in [1.807, 2.05) is 0 Å². The molecule has 0 aliphatic carbocycles. The van der Waals surface area contributed by atoms with Crippen LogP contribution in [0.4, 0.5) is 0 Å². The Balaban J connectivity index is 3.50. The Bertz CT molecular complexity index is 522. The van der Waals surface area contributed by atoms with Gasteiger partial charge in [-0.3, -0.25) is 9.59 Å². The Hall–Kier alpha value is -1.10. The highest BCUT2D eigenvalue weighted by Crippen LogP contribution is 2.15. The van der Waals surface area contributed by atoms with Crippen molar-refractivity contribution in [2.45, 2.75) is 193 Å². The SMILES string of the molecule is CCCCCCCCCCCCCCCCCCC(=O)OC[C@H](CO)OC(=O)CCCCCCCCCCC. The second-order valence-electron chi connectivity index (χ2n) is 11.6. The molecule has 0 aromatic rings. The topological polar surface area (TPSA) is 72.8 Å². The van der Waals surface area contributed by atoms with Gasteiger partial charge in [-0.05, 0) is 12.8 Å². The van der Waals surface area contributed by atoms with Crippen LogP contribution in [-0.2, 0) is 19.1 Å². The Morgan fingerprint density at radius 3 is 1.13 bits per heavy atom. The fourth-order valence-corrected chi connectivity index (χ4v) is 5.02. The van der Waals surface area contributed by atoms with E-state index in [1.54, 1.807) is 0 Å². The van der Waals surface area contributed by atoms with Crippen LogP contribution in [0.15, 0.2) is 0 Å².